The summed E-state index contributed by atoms with van der Waals surface area (Å²) in [5, 5.41) is 3.43. The maximum atomic E-state index is 13.7. The molecule has 0 spiro atoms. The first-order valence-electron chi connectivity index (χ1n) is 9.82. The van der Waals surface area contributed by atoms with Gasteiger partial charge in [0.1, 0.15) is 4.90 Å². The SMILES string of the molecule is CCS(=O)(=O)c1ccc(-c2cc(F)c(F)c(F)c2)nc1-n1ncc2cc(C(F)(F)F)ccc2c1=O. The molecule has 0 saturated carbocycles. The molecule has 0 aliphatic rings. The number of alkyl halides is 3. The monoisotopic (exact) mass is 513 g/mol. The lowest BCUT2D eigenvalue weighted by Gasteiger charge is -2.13. The highest BCUT2D eigenvalue weighted by Crippen LogP contribution is 2.31. The predicted octanol–water partition coefficient (Wildman–Crippen LogP) is 4.68. The van der Waals surface area contributed by atoms with Crippen molar-refractivity contribution in [1.29, 1.82) is 0 Å². The third-order valence-electron chi connectivity index (χ3n) is 5.15. The Labute approximate surface area is 193 Å². The molecule has 6 nitrogen and oxygen atoms in total. The molecule has 0 radical (unpaired) electrons. The first-order valence-corrected chi connectivity index (χ1v) is 11.5. The van der Waals surface area contributed by atoms with Crippen molar-refractivity contribution in [3.8, 4) is 17.1 Å². The van der Waals surface area contributed by atoms with Gasteiger partial charge >= 0.3 is 6.18 Å². The molecule has 4 aromatic rings. The van der Waals surface area contributed by atoms with Crippen LogP contribution >= 0.6 is 0 Å². The Hall–Kier alpha value is -3.74. The first-order chi connectivity index (χ1) is 16.3. The number of nitrogens with zero attached hydrogens (tertiary/aromatic N) is 3. The number of rotatable bonds is 4. The fourth-order valence-electron chi connectivity index (χ4n) is 3.33. The van der Waals surface area contributed by atoms with E-state index >= 15 is 0 Å². The van der Waals surface area contributed by atoms with Crippen LogP contribution in [-0.2, 0) is 16.0 Å². The average Bonchev–Trinajstić information content (AvgIpc) is 2.81. The molecule has 4 rings (SSSR count). The van der Waals surface area contributed by atoms with E-state index in [4.69, 9.17) is 0 Å². The van der Waals surface area contributed by atoms with E-state index in [1.807, 2.05) is 0 Å². The highest BCUT2D eigenvalue weighted by molar-refractivity contribution is 7.91. The zero-order chi connectivity index (χ0) is 25.7. The summed E-state index contributed by atoms with van der Waals surface area (Å²) in [5.41, 5.74) is -2.47. The van der Waals surface area contributed by atoms with Gasteiger partial charge in [0, 0.05) is 10.9 Å². The Kier molecular flexibility index (Phi) is 5.91. The Morgan fingerprint density at radius 3 is 2.23 bits per heavy atom. The molecule has 35 heavy (non-hydrogen) atoms. The van der Waals surface area contributed by atoms with Crippen LogP contribution in [0.2, 0.25) is 0 Å². The maximum Gasteiger partial charge on any atom is 0.416 e. The van der Waals surface area contributed by atoms with Crippen LogP contribution in [0.15, 0.2) is 58.4 Å². The van der Waals surface area contributed by atoms with Crippen molar-refractivity contribution in [2.75, 3.05) is 5.75 Å². The largest absolute Gasteiger partial charge is 0.416 e. The Balaban J connectivity index is 1.99. The number of hydrogen-bond acceptors (Lipinski definition) is 5. The summed E-state index contributed by atoms with van der Waals surface area (Å²) in [5.74, 6) is -5.70. The number of pyridine rings is 1. The minimum absolute atomic E-state index is 0.153. The quantitative estimate of drug-likeness (QED) is 0.293. The number of benzene rings is 2. The summed E-state index contributed by atoms with van der Waals surface area (Å²) in [6.45, 7) is 1.33. The molecule has 13 heteroatoms. The van der Waals surface area contributed by atoms with E-state index in [2.05, 4.69) is 10.1 Å². The van der Waals surface area contributed by atoms with Crippen LogP contribution in [0.1, 0.15) is 12.5 Å². The second-order valence-corrected chi connectivity index (χ2v) is 9.58. The van der Waals surface area contributed by atoms with Gasteiger partial charge in [0.2, 0.25) is 0 Å². The number of fused-ring (bicyclic) bond motifs is 1. The summed E-state index contributed by atoms with van der Waals surface area (Å²) >= 11 is 0. The normalized spacial score (nSPS) is 12.3. The molecular weight excluding hydrogens is 500 g/mol. The molecule has 182 valence electrons. The van der Waals surface area contributed by atoms with Gasteiger partial charge in [0.05, 0.1) is 28.6 Å². The number of hydrogen-bond donors (Lipinski definition) is 0. The van der Waals surface area contributed by atoms with E-state index in [0.29, 0.717) is 28.9 Å². The van der Waals surface area contributed by atoms with Crippen LogP contribution in [0.3, 0.4) is 0 Å². The highest BCUT2D eigenvalue weighted by atomic mass is 32.2. The van der Waals surface area contributed by atoms with Crippen LogP contribution < -0.4 is 5.56 Å². The molecule has 0 unspecified atom stereocenters. The molecule has 2 heterocycles. The smallest absolute Gasteiger partial charge is 0.267 e. The lowest BCUT2D eigenvalue weighted by Crippen LogP contribution is -2.25. The van der Waals surface area contributed by atoms with Crippen LogP contribution in [0.25, 0.3) is 27.8 Å². The second-order valence-electron chi connectivity index (χ2n) is 7.34. The summed E-state index contributed by atoms with van der Waals surface area (Å²) in [6, 6.07) is 5.74. The van der Waals surface area contributed by atoms with E-state index in [-0.39, 0.29) is 22.0 Å². The van der Waals surface area contributed by atoms with Gasteiger partial charge in [-0.05, 0) is 42.5 Å². The van der Waals surface area contributed by atoms with Gasteiger partial charge in [-0.2, -0.15) is 23.0 Å². The Morgan fingerprint density at radius 1 is 0.971 bits per heavy atom. The van der Waals surface area contributed by atoms with Gasteiger partial charge in [-0.3, -0.25) is 4.79 Å². The molecule has 0 bridgehead atoms. The van der Waals surface area contributed by atoms with Gasteiger partial charge in [-0.15, -0.1) is 0 Å². The molecule has 0 saturated heterocycles. The third-order valence-corrected chi connectivity index (χ3v) is 6.90. The molecule has 0 aliphatic carbocycles. The van der Waals surface area contributed by atoms with E-state index in [0.717, 1.165) is 24.4 Å². The van der Waals surface area contributed by atoms with E-state index in [9.17, 15) is 39.6 Å². The second kappa shape index (κ2) is 8.48. The fourth-order valence-corrected chi connectivity index (χ4v) is 4.32. The van der Waals surface area contributed by atoms with Gasteiger partial charge in [-0.1, -0.05) is 6.92 Å². The standard InChI is InChI=1S/C22H13F6N3O3S/c1-2-35(33,34)18-6-5-17(11-8-15(23)19(25)16(24)9-11)30-20(18)31-21(32)14-4-3-13(22(26,27)28)7-12(14)10-29-31/h3-10H,2H2,1H3. The van der Waals surface area contributed by atoms with Crippen LogP contribution in [0.5, 0.6) is 0 Å². The molecule has 0 atom stereocenters. The predicted molar refractivity (Wildman–Crippen MR) is 113 cm³/mol. The van der Waals surface area contributed by atoms with E-state index in [1.165, 1.54) is 6.92 Å². The molecule has 0 N–H and O–H groups in total. The van der Waals surface area contributed by atoms with Crippen molar-refractivity contribution < 1.29 is 34.8 Å². The number of halogens is 6. The number of aromatic nitrogens is 3. The van der Waals surface area contributed by atoms with Crippen LogP contribution in [-0.4, -0.2) is 28.9 Å². The Morgan fingerprint density at radius 2 is 1.63 bits per heavy atom. The molecule has 2 aromatic carbocycles. The van der Waals surface area contributed by atoms with Crippen molar-refractivity contribution in [2.24, 2.45) is 0 Å². The zero-order valence-electron chi connectivity index (χ0n) is 17.6. The molecule has 0 aliphatic heterocycles. The van der Waals surface area contributed by atoms with Gasteiger partial charge < -0.3 is 0 Å². The maximum absolute atomic E-state index is 13.7. The van der Waals surface area contributed by atoms with Crippen molar-refractivity contribution in [3.05, 3.63) is 82.0 Å². The topological polar surface area (TPSA) is 81.9 Å². The molecule has 2 aromatic heterocycles. The molecule has 0 fully saturated rings. The minimum Gasteiger partial charge on any atom is -0.267 e. The van der Waals surface area contributed by atoms with Crippen molar-refractivity contribution in [1.82, 2.24) is 14.8 Å². The zero-order valence-corrected chi connectivity index (χ0v) is 18.4. The van der Waals surface area contributed by atoms with Crippen molar-refractivity contribution >= 4 is 20.6 Å². The fraction of sp³-hybridized carbons (Fsp3) is 0.136. The van der Waals surface area contributed by atoms with Crippen molar-refractivity contribution in [3.63, 3.8) is 0 Å². The van der Waals surface area contributed by atoms with E-state index in [1.54, 1.807) is 0 Å². The first kappa shape index (κ1) is 24.4. The average molecular weight is 513 g/mol. The number of sulfone groups is 1. The Bertz CT molecular complexity index is 1630. The van der Waals surface area contributed by atoms with Crippen LogP contribution in [0.4, 0.5) is 26.3 Å². The van der Waals surface area contributed by atoms with E-state index < -0.39 is 61.1 Å². The van der Waals surface area contributed by atoms with Gasteiger partial charge in [-0.25, -0.2) is 26.6 Å². The summed E-state index contributed by atoms with van der Waals surface area (Å²) < 4.78 is 106. The third kappa shape index (κ3) is 4.38. The lowest BCUT2D eigenvalue weighted by molar-refractivity contribution is -0.137. The minimum atomic E-state index is -4.67. The van der Waals surface area contributed by atoms with Crippen molar-refractivity contribution in [2.45, 2.75) is 18.0 Å². The van der Waals surface area contributed by atoms with Gasteiger partial charge in [0.25, 0.3) is 5.56 Å². The highest BCUT2D eigenvalue weighted by Gasteiger charge is 2.31. The summed E-state index contributed by atoms with van der Waals surface area (Å²) in [6.07, 6.45) is -3.74. The lowest BCUT2D eigenvalue weighted by atomic mass is 10.1. The molecule has 0 amide bonds. The molecular formula is C22H13F6N3O3S. The van der Waals surface area contributed by atoms with Crippen LogP contribution in [0, 0.1) is 17.5 Å². The summed E-state index contributed by atoms with van der Waals surface area (Å²) in [7, 11) is -4.01. The summed E-state index contributed by atoms with van der Waals surface area (Å²) in [4.78, 5) is 16.7. The van der Waals surface area contributed by atoms with Gasteiger partial charge in [0.15, 0.2) is 33.1 Å².